The molecule has 1 saturated heterocycles. The van der Waals surface area contributed by atoms with Crippen LogP contribution in [0.1, 0.15) is 10.4 Å². The quantitative estimate of drug-likeness (QED) is 0.762. The zero-order chi connectivity index (χ0) is 15.2. The van der Waals surface area contributed by atoms with E-state index in [1.807, 2.05) is 7.05 Å². The minimum Gasteiger partial charge on any atom is -0.483 e. The van der Waals surface area contributed by atoms with Gasteiger partial charge in [0.25, 0.3) is 5.91 Å². The summed E-state index contributed by atoms with van der Waals surface area (Å²) in [5.74, 6) is -0.174. The summed E-state index contributed by atoms with van der Waals surface area (Å²) in [6, 6.07) is 6.74. The van der Waals surface area contributed by atoms with E-state index in [4.69, 9.17) is 9.47 Å². The number of carbonyl (C=O) groups excluding carboxylic acids is 2. The first-order valence-corrected chi connectivity index (χ1v) is 6.88. The van der Waals surface area contributed by atoms with Crippen molar-refractivity contribution in [2.75, 3.05) is 46.9 Å². The lowest BCUT2D eigenvalue weighted by Crippen LogP contribution is -2.48. The summed E-state index contributed by atoms with van der Waals surface area (Å²) in [6.07, 6.45) is 0. The molecule has 1 aromatic rings. The summed E-state index contributed by atoms with van der Waals surface area (Å²) in [7, 11) is 3.35. The van der Waals surface area contributed by atoms with Crippen molar-refractivity contribution in [3.63, 3.8) is 0 Å². The van der Waals surface area contributed by atoms with Crippen molar-refractivity contribution in [2.45, 2.75) is 0 Å². The van der Waals surface area contributed by atoms with Crippen molar-refractivity contribution in [3.8, 4) is 5.75 Å². The van der Waals surface area contributed by atoms with Crippen LogP contribution >= 0.6 is 0 Å². The fourth-order valence-corrected chi connectivity index (χ4v) is 2.16. The van der Waals surface area contributed by atoms with Crippen molar-refractivity contribution < 1.29 is 19.1 Å². The normalized spacial score (nSPS) is 15.6. The number of esters is 1. The molecule has 0 aromatic heterocycles. The van der Waals surface area contributed by atoms with Crippen LogP contribution < -0.4 is 4.74 Å². The van der Waals surface area contributed by atoms with Gasteiger partial charge in [-0.25, -0.2) is 4.79 Å². The van der Waals surface area contributed by atoms with E-state index in [-0.39, 0.29) is 12.5 Å². The molecule has 0 atom stereocenters. The average molecular weight is 292 g/mol. The van der Waals surface area contributed by atoms with E-state index >= 15 is 0 Å². The van der Waals surface area contributed by atoms with Crippen LogP contribution in [0.25, 0.3) is 0 Å². The van der Waals surface area contributed by atoms with Crippen LogP contribution in [0.4, 0.5) is 0 Å². The number of piperazine rings is 1. The predicted molar refractivity (Wildman–Crippen MR) is 77.4 cm³/mol. The van der Waals surface area contributed by atoms with Gasteiger partial charge < -0.3 is 19.3 Å². The Labute approximate surface area is 124 Å². The number of hydrogen-bond acceptors (Lipinski definition) is 5. The van der Waals surface area contributed by atoms with E-state index in [2.05, 4.69) is 4.90 Å². The second kappa shape index (κ2) is 7.08. The number of nitrogens with zero attached hydrogens (tertiary/aromatic N) is 2. The summed E-state index contributed by atoms with van der Waals surface area (Å²) in [5.41, 5.74) is 0.325. The van der Waals surface area contributed by atoms with Crippen molar-refractivity contribution in [1.82, 2.24) is 9.80 Å². The second-order valence-corrected chi connectivity index (χ2v) is 4.96. The Balaban J connectivity index is 1.94. The smallest absolute Gasteiger partial charge is 0.341 e. The number of amides is 1. The van der Waals surface area contributed by atoms with E-state index in [1.165, 1.54) is 7.11 Å². The Hall–Kier alpha value is -2.08. The largest absolute Gasteiger partial charge is 0.483 e. The molecular weight excluding hydrogens is 272 g/mol. The van der Waals surface area contributed by atoms with Crippen LogP contribution in [0.2, 0.25) is 0 Å². The van der Waals surface area contributed by atoms with Gasteiger partial charge in [0.1, 0.15) is 11.3 Å². The number of hydrogen-bond donors (Lipinski definition) is 0. The summed E-state index contributed by atoms with van der Waals surface area (Å²) < 4.78 is 10.2. The SMILES string of the molecule is COC(=O)c1ccccc1OCC(=O)N1CCN(C)CC1. The molecule has 0 saturated carbocycles. The fourth-order valence-electron chi connectivity index (χ4n) is 2.16. The summed E-state index contributed by atoms with van der Waals surface area (Å²) in [6.45, 7) is 3.07. The molecule has 2 rings (SSSR count). The Morgan fingerprint density at radius 2 is 1.81 bits per heavy atom. The van der Waals surface area contributed by atoms with Gasteiger partial charge in [0.2, 0.25) is 0 Å². The minimum atomic E-state index is -0.474. The monoisotopic (exact) mass is 292 g/mol. The highest BCUT2D eigenvalue weighted by atomic mass is 16.5. The van der Waals surface area contributed by atoms with Gasteiger partial charge >= 0.3 is 5.97 Å². The Kier molecular flexibility index (Phi) is 5.16. The van der Waals surface area contributed by atoms with Gasteiger partial charge in [-0.05, 0) is 19.2 Å². The van der Waals surface area contributed by atoms with Crippen molar-refractivity contribution >= 4 is 11.9 Å². The number of likely N-dealkylation sites (N-methyl/N-ethyl adjacent to an activating group) is 1. The number of rotatable bonds is 4. The highest BCUT2D eigenvalue weighted by Crippen LogP contribution is 2.18. The molecule has 0 spiro atoms. The third kappa shape index (κ3) is 3.95. The lowest BCUT2D eigenvalue weighted by molar-refractivity contribution is -0.134. The van der Waals surface area contributed by atoms with Gasteiger partial charge in [-0.3, -0.25) is 4.79 Å². The van der Waals surface area contributed by atoms with Crippen LogP contribution in [0.5, 0.6) is 5.75 Å². The zero-order valence-corrected chi connectivity index (χ0v) is 12.4. The molecule has 0 unspecified atom stereocenters. The predicted octanol–water partition coefficient (Wildman–Crippen LogP) is 0.626. The van der Waals surface area contributed by atoms with Crippen LogP contribution in [0, 0.1) is 0 Å². The molecule has 1 heterocycles. The molecule has 0 aliphatic carbocycles. The first-order chi connectivity index (χ1) is 10.1. The van der Waals surface area contributed by atoms with Gasteiger partial charge in [0.15, 0.2) is 6.61 Å². The molecule has 1 aromatic carbocycles. The molecule has 114 valence electrons. The Morgan fingerprint density at radius 1 is 1.14 bits per heavy atom. The molecule has 6 heteroatoms. The Bertz CT molecular complexity index is 510. The van der Waals surface area contributed by atoms with Crippen LogP contribution in [0.3, 0.4) is 0 Å². The van der Waals surface area contributed by atoms with E-state index in [0.29, 0.717) is 24.4 Å². The van der Waals surface area contributed by atoms with Gasteiger partial charge in [-0.15, -0.1) is 0 Å². The Morgan fingerprint density at radius 3 is 2.48 bits per heavy atom. The van der Waals surface area contributed by atoms with E-state index in [1.54, 1.807) is 29.2 Å². The third-order valence-corrected chi connectivity index (χ3v) is 3.50. The number of ether oxygens (including phenoxy) is 2. The van der Waals surface area contributed by atoms with E-state index in [9.17, 15) is 9.59 Å². The van der Waals surface area contributed by atoms with E-state index in [0.717, 1.165) is 13.1 Å². The highest BCUT2D eigenvalue weighted by molar-refractivity contribution is 5.92. The summed E-state index contributed by atoms with van der Waals surface area (Å²) in [4.78, 5) is 27.7. The molecule has 1 fully saturated rings. The number of carbonyl (C=O) groups is 2. The molecule has 0 bridgehead atoms. The van der Waals surface area contributed by atoms with Gasteiger partial charge in [-0.2, -0.15) is 0 Å². The van der Waals surface area contributed by atoms with Gasteiger partial charge in [-0.1, -0.05) is 12.1 Å². The average Bonchev–Trinajstić information content (AvgIpc) is 2.52. The lowest BCUT2D eigenvalue weighted by Gasteiger charge is -2.32. The van der Waals surface area contributed by atoms with Crippen molar-refractivity contribution in [1.29, 1.82) is 0 Å². The van der Waals surface area contributed by atoms with Crippen molar-refractivity contribution in [2.24, 2.45) is 0 Å². The first-order valence-electron chi connectivity index (χ1n) is 6.88. The maximum atomic E-state index is 12.1. The number of benzene rings is 1. The molecule has 6 nitrogen and oxygen atoms in total. The van der Waals surface area contributed by atoms with Crippen LogP contribution in [-0.4, -0.2) is 68.6 Å². The standard InChI is InChI=1S/C15H20N2O4/c1-16-7-9-17(10-8-16)14(18)11-21-13-6-4-3-5-12(13)15(19)20-2/h3-6H,7-11H2,1-2H3. The summed E-state index contributed by atoms with van der Waals surface area (Å²) in [5, 5.41) is 0. The minimum absolute atomic E-state index is 0.0669. The number of para-hydroxylation sites is 1. The first kappa shape index (κ1) is 15.3. The molecule has 1 aliphatic rings. The fraction of sp³-hybridized carbons (Fsp3) is 0.467. The third-order valence-electron chi connectivity index (χ3n) is 3.50. The molecule has 0 radical (unpaired) electrons. The van der Waals surface area contributed by atoms with Crippen molar-refractivity contribution in [3.05, 3.63) is 29.8 Å². The lowest BCUT2D eigenvalue weighted by atomic mass is 10.2. The molecule has 0 N–H and O–H groups in total. The van der Waals surface area contributed by atoms with Gasteiger partial charge in [0.05, 0.1) is 7.11 Å². The molecule has 1 amide bonds. The van der Waals surface area contributed by atoms with E-state index < -0.39 is 5.97 Å². The topological polar surface area (TPSA) is 59.1 Å². The maximum Gasteiger partial charge on any atom is 0.341 e. The molecule has 1 aliphatic heterocycles. The number of methoxy groups -OCH3 is 1. The zero-order valence-electron chi connectivity index (χ0n) is 12.4. The maximum absolute atomic E-state index is 12.1. The van der Waals surface area contributed by atoms with Crippen LogP contribution in [-0.2, 0) is 9.53 Å². The summed E-state index contributed by atoms with van der Waals surface area (Å²) >= 11 is 0. The van der Waals surface area contributed by atoms with Crippen LogP contribution in [0.15, 0.2) is 24.3 Å². The molecular formula is C15H20N2O4. The van der Waals surface area contributed by atoms with Gasteiger partial charge in [0, 0.05) is 26.2 Å². The molecule has 21 heavy (non-hydrogen) atoms. The second-order valence-electron chi connectivity index (χ2n) is 4.96. The highest BCUT2D eigenvalue weighted by Gasteiger charge is 2.20.